The first-order chi connectivity index (χ1) is 11.2. The van der Waals surface area contributed by atoms with Gasteiger partial charge >= 0.3 is 0 Å². The molecule has 2 N–H and O–H groups in total. The highest BCUT2D eigenvalue weighted by molar-refractivity contribution is 6.27. The molecule has 1 aliphatic carbocycles. The lowest BCUT2D eigenvalue weighted by Gasteiger charge is -2.36. The number of aromatic amines is 1. The van der Waals surface area contributed by atoms with E-state index in [0.717, 1.165) is 11.2 Å². The molecule has 5 rings (SSSR count). The maximum Gasteiger partial charge on any atom is 0.156 e. The molecule has 2 aromatic carbocycles. The molecule has 23 heavy (non-hydrogen) atoms. The number of nitrogens with one attached hydrogen (secondary N) is 2. The Kier molecular flexibility index (Phi) is 2.44. The van der Waals surface area contributed by atoms with Crippen LogP contribution in [0.5, 0.6) is 0 Å². The molecule has 3 unspecified atom stereocenters. The Labute approximate surface area is 138 Å². The second-order valence-corrected chi connectivity index (χ2v) is 7.08. The number of nitrogens with zero attached hydrogens (tertiary/aromatic N) is 1. The lowest BCUT2D eigenvalue weighted by molar-refractivity contribution is 0.506. The van der Waals surface area contributed by atoms with E-state index in [1.165, 1.54) is 22.2 Å². The topological polar surface area (TPSA) is 51.6 Å². The zero-order valence-corrected chi connectivity index (χ0v) is 13.1. The second-order valence-electron chi connectivity index (χ2n) is 6.40. The number of alkyl halides is 1. The van der Waals surface area contributed by atoms with Crippen molar-refractivity contribution in [2.75, 3.05) is 5.32 Å². The van der Waals surface area contributed by atoms with Crippen molar-refractivity contribution in [2.45, 2.75) is 23.3 Å². The van der Waals surface area contributed by atoms with Crippen LogP contribution in [0.25, 0.3) is 10.9 Å². The quantitative estimate of drug-likeness (QED) is 0.611. The van der Waals surface area contributed by atoms with Crippen LogP contribution in [-0.2, 0) is 6.42 Å². The fraction of sp³-hybridized carbons (Fsp3) is 0.211. The van der Waals surface area contributed by atoms with E-state index in [1.807, 2.05) is 24.3 Å². The molecule has 0 saturated carbocycles. The fourth-order valence-electron chi connectivity index (χ4n) is 4.18. The van der Waals surface area contributed by atoms with Crippen LogP contribution in [0, 0.1) is 11.3 Å². The third kappa shape index (κ3) is 1.59. The summed E-state index contributed by atoms with van der Waals surface area (Å²) < 4.78 is 0. The van der Waals surface area contributed by atoms with Gasteiger partial charge in [0.1, 0.15) is 0 Å². The summed E-state index contributed by atoms with van der Waals surface area (Å²) in [5.41, 5.74) is 5.77. The third-order valence-corrected chi connectivity index (χ3v) is 5.66. The molecule has 0 fully saturated rings. The van der Waals surface area contributed by atoms with Crippen LogP contribution >= 0.6 is 11.6 Å². The average molecular weight is 320 g/mol. The normalized spacial score (nSPS) is 27.7. The molecule has 112 valence electrons. The summed E-state index contributed by atoms with van der Waals surface area (Å²) in [6.07, 6.45) is 0.548. The number of para-hydroxylation sites is 2. The van der Waals surface area contributed by atoms with Crippen molar-refractivity contribution in [2.24, 2.45) is 0 Å². The van der Waals surface area contributed by atoms with Gasteiger partial charge < -0.3 is 10.3 Å². The fourth-order valence-corrected chi connectivity index (χ4v) is 4.50. The van der Waals surface area contributed by atoms with E-state index in [0.29, 0.717) is 6.42 Å². The number of nitriles is 1. The monoisotopic (exact) mass is 319 g/mol. The highest BCUT2D eigenvalue weighted by atomic mass is 35.5. The molecule has 3 aromatic rings. The van der Waals surface area contributed by atoms with Crippen LogP contribution in [0.1, 0.15) is 22.7 Å². The van der Waals surface area contributed by atoms with Crippen molar-refractivity contribution in [3.63, 3.8) is 0 Å². The summed E-state index contributed by atoms with van der Waals surface area (Å²) in [4.78, 5) is 2.64. The Morgan fingerprint density at radius 2 is 1.91 bits per heavy atom. The zero-order valence-electron chi connectivity index (χ0n) is 12.3. The molecule has 0 amide bonds. The average Bonchev–Trinajstić information content (AvgIpc) is 3.14. The zero-order chi connectivity index (χ0) is 15.6. The first-order valence-electron chi connectivity index (χ1n) is 7.76. The van der Waals surface area contributed by atoms with Gasteiger partial charge in [-0.15, -0.1) is 11.6 Å². The maximum absolute atomic E-state index is 9.78. The predicted molar refractivity (Wildman–Crippen MR) is 91.9 cm³/mol. The Bertz CT molecular complexity index is 984. The van der Waals surface area contributed by atoms with E-state index in [9.17, 15) is 5.26 Å². The molecule has 4 heteroatoms. The standard InChI is InChI=1S/C19H14ClN3/c20-19(10-21)9-13-11-5-1-3-7-14(11)22-17(13)16-12-6-2-4-8-15(12)23-18(16)19/h1-8,16,18,22-23H,9H2. The predicted octanol–water partition coefficient (Wildman–Crippen LogP) is 4.15. The van der Waals surface area contributed by atoms with Crippen LogP contribution in [0.3, 0.4) is 0 Å². The van der Waals surface area contributed by atoms with Crippen molar-refractivity contribution in [3.8, 4) is 6.07 Å². The number of hydrogen-bond donors (Lipinski definition) is 2. The van der Waals surface area contributed by atoms with Gasteiger partial charge in [0.25, 0.3) is 0 Å². The summed E-state index contributed by atoms with van der Waals surface area (Å²) >= 11 is 6.80. The van der Waals surface area contributed by atoms with Gasteiger partial charge in [0.05, 0.1) is 12.1 Å². The number of halogens is 1. The number of fused-ring (bicyclic) bond motifs is 7. The van der Waals surface area contributed by atoms with Gasteiger partial charge in [-0.05, 0) is 23.3 Å². The van der Waals surface area contributed by atoms with Crippen LogP contribution in [0.2, 0.25) is 0 Å². The van der Waals surface area contributed by atoms with Crippen LogP contribution in [0.4, 0.5) is 5.69 Å². The van der Waals surface area contributed by atoms with Crippen molar-refractivity contribution in [1.29, 1.82) is 5.26 Å². The first kappa shape index (κ1) is 13.0. The number of benzene rings is 2. The molecule has 3 atom stereocenters. The molecular weight excluding hydrogens is 306 g/mol. The molecule has 2 aliphatic rings. The molecule has 1 aromatic heterocycles. The van der Waals surface area contributed by atoms with Crippen molar-refractivity contribution in [3.05, 3.63) is 65.4 Å². The molecule has 0 bridgehead atoms. The summed E-state index contributed by atoms with van der Waals surface area (Å²) in [6.45, 7) is 0. The summed E-state index contributed by atoms with van der Waals surface area (Å²) in [5.74, 6) is 0.0829. The molecule has 1 aliphatic heterocycles. The highest BCUT2D eigenvalue weighted by Crippen LogP contribution is 2.52. The van der Waals surface area contributed by atoms with E-state index >= 15 is 0 Å². The minimum Gasteiger partial charge on any atom is -0.378 e. The largest absolute Gasteiger partial charge is 0.378 e. The molecule has 3 nitrogen and oxygen atoms in total. The Hall–Kier alpha value is -2.44. The number of rotatable bonds is 0. The van der Waals surface area contributed by atoms with Gasteiger partial charge in [-0.25, -0.2) is 0 Å². The van der Waals surface area contributed by atoms with Gasteiger partial charge in [0, 0.05) is 34.6 Å². The summed E-state index contributed by atoms with van der Waals surface area (Å²) in [7, 11) is 0. The molecule has 0 spiro atoms. The SMILES string of the molecule is N#CC1(Cl)Cc2c([nH]c3ccccc23)C2c3ccccc3NC21. The number of aromatic nitrogens is 1. The van der Waals surface area contributed by atoms with Crippen molar-refractivity contribution < 1.29 is 0 Å². The van der Waals surface area contributed by atoms with E-state index in [4.69, 9.17) is 11.6 Å². The van der Waals surface area contributed by atoms with E-state index in [1.54, 1.807) is 0 Å². The van der Waals surface area contributed by atoms with Crippen LogP contribution < -0.4 is 5.32 Å². The molecular formula is C19H14ClN3. The van der Waals surface area contributed by atoms with Crippen molar-refractivity contribution in [1.82, 2.24) is 4.98 Å². The summed E-state index contributed by atoms with van der Waals surface area (Å²) in [6, 6.07) is 18.7. The summed E-state index contributed by atoms with van der Waals surface area (Å²) in [5, 5.41) is 14.4. The lowest BCUT2D eigenvalue weighted by Crippen LogP contribution is -2.47. The number of anilines is 1. The molecule has 0 saturated heterocycles. The van der Waals surface area contributed by atoms with Gasteiger partial charge in [-0.1, -0.05) is 36.4 Å². The van der Waals surface area contributed by atoms with Gasteiger partial charge in [-0.3, -0.25) is 0 Å². The smallest absolute Gasteiger partial charge is 0.156 e. The van der Waals surface area contributed by atoms with E-state index in [-0.39, 0.29) is 12.0 Å². The Morgan fingerprint density at radius 1 is 1.13 bits per heavy atom. The Morgan fingerprint density at radius 3 is 2.78 bits per heavy atom. The highest BCUT2D eigenvalue weighted by Gasteiger charge is 2.52. The van der Waals surface area contributed by atoms with Gasteiger partial charge in [0.15, 0.2) is 4.87 Å². The maximum atomic E-state index is 9.78. The number of hydrogen-bond acceptors (Lipinski definition) is 2. The third-order valence-electron chi connectivity index (χ3n) is 5.21. The lowest BCUT2D eigenvalue weighted by atomic mass is 9.74. The van der Waals surface area contributed by atoms with Crippen molar-refractivity contribution >= 4 is 28.2 Å². The number of H-pyrrole nitrogens is 1. The molecule has 2 heterocycles. The van der Waals surface area contributed by atoms with E-state index < -0.39 is 4.87 Å². The Balaban J connectivity index is 1.84. The minimum absolute atomic E-state index is 0.0829. The molecule has 0 radical (unpaired) electrons. The van der Waals surface area contributed by atoms with Crippen LogP contribution in [0.15, 0.2) is 48.5 Å². The van der Waals surface area contributed by atoms with Gasteiger partial charge in [-0.2, -0.15) is 5.26 Å². The van der Waals surface area contributed by atoms with Gasteiger partial charge in [0.2, 0.25) is 0 Å². The van der Waals surface area contributed by atoms with Crippen LogP contribution in [-0.4, -0.2) is 15.9 Å². The minimum atomic E-state index is -0.943. The second kappa shape index (κ2) is 4.31. The van der Waals surface area contributed by atoms with E-state index in [2.05, 4.69) is 40.6 Å². The first-order valence-corrected chi connectivity index (χ1v) is 8.14.